The van der Waals surface area contributed by atoms with Crippen molar-refractivity contribution in [3.8, 4) is 0 Å². The third-order valence-corrected chi connectivity index (χ3v) is 6.78. The lowest BCUT2D eigenvalue weighted by molar-refractivity contribution is -0.133. The van der Waals surface area contributed by atoms with E-state index in [4.69, 9.17) is 16.3 Å². The van der Waals surface area contributed by atoms with Gasteiger partial charge in [0.1, 0.15) is 17.9 Å². The minimum atomic E-state index is -2.91. The molecular formula is C25H25ClF3N3O5. The molecule has 0 aromatic heterocycles. The van der Waals surface area contributed by atoms with E-state index in [2.05, 4.69) is 5.32 Å². The molecule has 1 heterocycles. The fraction of sp³-hybridized carbons (Fsp3) is 0.400. The first-order valence-electron chi connectivity index (χ1n) is 11.5. The number of anilines is 1. The summed E-state index contributed by atoms with van der Waals surface area (Å²) < 4.78 is 46.0. The molecule has 1 saturated carbocycles. The number of hydrogen-bond donors (Lipinski definition) is 2. The number of ether oxygens (including phenoxy) is 1. The molecule has 2 aromatic carbocycles. The maximum absolute atomic E-state index is 14.3. The number of alkyl halides is 2. The van der Waals surface area contributed by atoms with Crippen molar-refractivity contribution in [2.45, 2.75) is 49.4 Å². The van der Waals surface area contributed by atoms with Gasteiger partial charge in [-0.15, -0.1) is 0 Å². The van der Waals surface area contributed by atoms with E-state index in [1.54, 1.807) is 12.1 Å². The molecule has 2 aromatic rings. The molecule has 0 radical (unpaired) electrons. The van der Waals surface area contributed by atoms with Crippen molar-refractivity contribution in [3.63, 3.8) is 0 Å². The number of rotatable bonds is 6. The predicted molar refractivity (Wildman–Crippen MR) is 128 cm³/mol. The van der Waals surface area contributed by atoms with Gasteiger partial charge >= 0.3 is 6.09 Å². The molecule has 2 N–H and O–H groups in total. The van der Waals surface area contributed by atoms with E-state index in [0.29, 0.717) is 0 Å². The Balaban J connectivity index is 1.80. The van der Waals surface area contributed by atoms with Gasteiger partial charge in [-0.3, -0.25) is 19.4 Å². The maximum Gasteiger partial charge on any atom is 0.410 e. The zero-order valence-electron chi connectivity index (χ0n) is 19.7. The van der Waals surface area contributed by atoms with Crippen molar-refractivity contribution >= 4 is 35.2 Å². The number of benzene rings is 2. The molecule has 3 amide bonds. The summed E-state index contributed by atoms with van der Waals surface area (Å²) in [7, 11) is 1.12. The summed E-state index contributed by atoms with van der Waals surface area (Å²) in [6, 6.07) is 7.47. The van der Waals surface area contributed by atoms with Gasteiger partial charge in [-0.1, -0.05) is 35.9 Å². The lowest BCUT2D eigenvalue weighted by Gasteiger charge is -2.39. The van der Waals surface area contributed by atoms with E-state index in [-0.39, 0.29) is 29.2 Å². The Kier molecular flexibility index (Phi) is 7.65. The van der Waals surface area contributed by atoms with Crippen LogP contribution in [0.4, 0.5) is 23.7 Å². The number of hydrogen-bond acceptors (Lipinski definition) is 5. The third-order valence-electron chi connectivity index (χ3n) is 6.44. The molecule has 12 heteroatoms. The van der Waals surface area contributed by atoms with Gasteiger partial charge in [0.05, 0.1) is 19.8 Å². The first kappa shape index (κ1) is 26.7. The van der Waals surface area contributed by atoms with E-state index < -0.39 is 66.7 Å². The van der Waals surface area contributed by atoms with E-state index in [1.807, 2.05) is 0 Å². The third kappa shape index (κ3) is 5.67. The second-order valence-electron chi connectivity index (χ2n) is 9.11. The van der Waals surface area contributed by atoms with Crippen LogP contribution in [0, 0.1) is 5.82 Å². The average molecular weight is 540 g/mol. The minimum absolute atomic E-state index is 0.0322. The van der Waals surface area contributed by atoms with Gasteiger partial charge in [0.15, 0.2) is 0 Å². The topological polar surface area (TPSA) is 99.2 Å². The Hall–Kier alpha value is -3.31. The lowest BCUT2D eigenvalue weighted by atomic mass is 9.87. The highest BCUT2D eigenvalue weighted by atomic mass is 35.5. The number of β-amino-alcohol motifs (C(OH)–C–C–N with tert-alkyl or cyclic N) is 1. The fourth-order valence-electron chi connectivity index (χ4n) is 4.69. The number of carbonyl (C=O) groups is 3. The molecule has 1 saturated heterocycles. The first-order valence-corrected chi connectivity index (χ1v) is 11.9. The quantitative estimate of drug-likeness (QED) is 0.584. The number of aliphatic hydroxyl groups is 1. The average Bonchev–Trinajstić information content (AvgIpc) is 3.22. The minimum Gasteiger partial charge on any atom is -0.453 e. The van der Waals surface area contributed by atoms with E-state index in [0.717, 1.165) is 29.0 Å². The Bertz CT molecular complexity index is 1190. The summed E-state index contributed by atoms with van der Waals surface area (Å²) in [5.74, 6) is -5.24. The number of nitrogens with zero attached hydrogens (tertiary/aromatic N) is 2. The zero-order chi connectivity index (χ0) is 26.9. The van der Waals surface area contributed by atoms with Crippen molar-refractivity contribution in [1.82, 2.24) is 10.2 Å². The van der Waals surface area contributed by atoms with Crippen LogP contribution in [0.3, 0.4) is 0 Å². The number of aliphatic hydroxyl groups excluding tert-OH is 1. The largest absolute Gasteiger partial charge is 0.453 e. The Labute approximate surface area is 215 Å². The van der Waals surface area contributed by atoms with Crippen LogP contribution < -0.4 is 10.2 Å². The van der Waals surface area contributed by atoms with Gasteiger partial charge in [-0.05, 0) is 24.3 Å². The molecular weight excluding hydrogens is 515 g/mol. The molecule has 37 heavy (non-hydrogen) atoms. The van der Waals surface area contributed by atoms with Crippen molar-refractivity contribution in [1.29, 1.82) is 0 Å². The molecule has 8 nitrogen and oxygen atoms in total. The fourth-order valence-corrected chi connectivity index (χ4v) is 4.93. The van der Waals surface area contributed by atoms with Gasteiger partial charge in [0.25, 0.3) is 11.8 Å². The zero-order valence-corrected chi connectivity index (χ0v) is 20.5. The highest BCUT2D eigenvalue weighted by molar-refractivity contribution is 6.31. The molecule has 0 unspecified atom stereocenters. The highest BCUT2D eigenvalue weighted by Gasteiger charge is 2.49. The van der Waals surface area contributed by atoms with Gasteiger partial charge in [0, 0.05) is 41.6 Å². The van der Waals surface area contributed by atoms with Crippen LogP contribution in [-0.2, 0) is 14.3 Å². The second-order valence-corrected chi connectivity index (χ2v) is 9.52. The summed E-state index contributed by atoms with van der Waals surface area (Å²) in [5.41, 5.74) is 0.128. The van der Waals surface area contributed by atoms with Gasteiger partial charge < -0.3 is 15.2 Å². The number of halogens is 4. The van der Waals surface area contributed by atoms with Crippen LogP contribution in [-0.4, -0.2) is 65.7 Å². The van der Waals surface area contributed by atoms with Crippen LogP contribution in [0.1, 0.15) is 30.9 Å². The number of likely N-dealkylation sites (tertiary alicyclic amines) is 1. The maximum atomic E-state index is 14.3. The first-order chi connectivity index (χ1) is 17.5. The van der Waals surface area contributed by atoms with Gasteiger partial charge in [0.2, 0.25) is 5.91 Å². The molecule has 1 aliphatic heterocycles. The second kappa shape index (κ2) is 10.6. The number of methoxy groups -OCH3 is 1. The smallest absolute Gasteiger partial charge is 0.410 e. The highest BCUT2D eigenvalue weighted by Crippen LogP contribution is 2.39. The van der Waals surface area contributed by atoms with E-state index in [1.165, 1.54) is 24.3 Å². The van der Waals surface area contributed by atoms with Crippen LogP contribution >= 0.6 is 11.6 Å². The Morgan fingerprint density at radius 1 is 1.19 bits per heavy atom. The molecule has 3 atom stereocenters. The lowest BCUT2D eigenvalue weighted by Crippen LogP contribution is -2.56. The van der Waals surface area contributed by atoms with Crippen LogP contribution in [0.25, 0.3) is 0 Å². The molecule has 0 bridgehead atoms. The summed E-state index contributed by atoms with van der Waals surface area (Å²) in [5, 5.41) is 12.9. The standard InChI is InChI=1S/C25H25ClF3N3O5/c1-37-24(36)31-13-17(33)10-20(31)23(35)32(16-6-4-5-14(27)9-16)21(18-7-2-3-8-19(18)26)22(34)30-15-11-25(28,29)12-15/h2-9,15,17,20-21,33H,10-13H2,1H3,(H,30,34)/t17-,20-,21-/m0/s1. The summed E-state index contributed by atoms with van der Waals surface area (Å²) in [6.45, 7) is -0.194. The summed E-state index contributed by atoms with van der Waals surface area (Å²) in [6.07, 6.45) is -3.21. The van der Waals surface area contributed by atoms with Crippen molar-refractivity contribution < 1.29 is 37.4 Å². The molecule has 1 aliphatic carbocycles. The van der Waals surface area contributed by atoms with Crippen LogP contribution in [0.15, 0.2) is 48.5 Å². The Morgan fingerprint density at radius 2 is 1.89 bits per heavy atom. The molecule has 0 spiro atoms. The van der Waals surface area contributed by atoms with E-state index >= 15 is 0 Å². The molecule has 198 valence electrons. The van der Waals surface area contributed by atoms with Crippen molar-refractivity contribution in [3.05, 3.63) is 64.9 Å². The van der Waals surface area contributed by atoms with Crippen LogP contribution in [0.2, 0.25) is 5.02 Å². The van der Waals surface area contributed by atoms with Crippen molar-refractivity contribution in [2.75, 3.05) is 18.6 Å². The van der Waals surface area contributed by atoms with E-state index in [9.17, 15) is 32.7 Å². The monoisotopic (exact) mass is 539 g/mol. The number of amides is 3. The number of nitrogens with one attached hydrogen (secondary N) is 1. The van der Waals surface area contributed by atoms with Crippen LogP contribution in [0.5, 0.6) is 0 Å². The molecule has 2 aliphatic rings. The van der Waals surface area contributed by atoms with Gasteiger partial charge in [-0.2, -0.15) is 0 Å². The normalized spacial score (nSPS) is 21.6. The van der Waals surface area contributed by atoms with Gasteiger partial charge in [-0.25, -0.2) is 18.0 Å². The number of carbonyl (C=O) groups excluding carboxylic acids is 3. The summed E-state index contributed by atoms with van der Waals surface area (Å²) in [4.78, 5) is 42.0. The SMILES string of the molecule is COC(=O)N1C[C@@H](O)C[C@H]1C(=O)N(c1cccc(F)c1)[C@H](C(=O)NC1CC(F)(F)C1)c1ccccc1Cl. The van der Waals surface area contributed by atoms with Crippen molar-refractivity contribution in [2.24, 2.45) is 0 Å². The summed E-state index contributed by atoms with van der Waals surface area (Å²) >= 11 is 6.41. The molecule has 2 fully saturated rings. The Morgan fingerprint density at radius 3 is 2.51 bits per heavy atom. The predicted octanol–water partition coefficient (Wildman–Crippen LogP) is 3.67. The molecule has 4 rings (SSSR count).